The molecule has 2 fully saturated rings. The van der Waals surface area contributed by atoms with E-state index in [-0.39, 0.29) is 17.9 Å². The Hall–Kier alpha value is -1.92. The first kappa shape index (κ1) is 16.0. The van der Waals surface area contributed by atoms with Crippen molar-refractivity contribution in [2.75, 3.05) is 25.1 Å². The second kappa shape index (κ2) is 7.57. The maximum absolute atomic E-state index is 12.2. The summed E-state index contributed by atoms with van der Waals surface area (Å²) in [7, 11) is 0. The van der Waals surface area contributed by atoms with Crippen LogP contribution in [0, 0.1) is 0 Å². The molecule has 1 unspecified atom stereocenters. The Kier molecular flexibility index (Phi) is 5.25. The highest BCUT2D eigenvalue weighted by Gasteiger charge is 2.21. The number of morpholine rings is 1. The summed E-state index contributed by atoms with van der Waals surface area (Å²) in [4.78, 5) is 24.2. The van der Waals surface area contributed by atoms with Crippen LogP contribution in [0.25, 0.3) is 0 Å². The fraction of sp³-hybridized carbons (Fsp3) is 0.529. The average Bonchev–Trinajstić information content (AvgIpc) is 3.09. The average molecular weight is 317 g/mol. The van der Waals surface area contributed by atoms with Crippen molar-refractivity contribution in [1.29, 1.82) is 0 Å². The normalized spacial score (nSPS) is 21.8. The van der Waals surface area contributed by atoms with Crippen molar-refractivity contribution in [3.05, 3.63) is 29.8 Å². The lowest BCUT2D eigenvalue weighted by Gasteiger charge is -2.22. The monoisotopic (exact) mass is 317 g/mol. The van der Waals surface area contributed by atoms with Crippen molar-refractivity contribution < 1.29 is 14.3 Å². The van der Waals surface area contributed by atoms with Crippen LogP contribution in [-0.2, 0) is 9.53 Å². The van der Waals surface area contributed by atoms with Crippen LogP contribution in [0.15, 0.2) is 24.3 Å². The van der Waals surface area contributed by atoms with Gasteiger partial charge >= 0.3 is 0 Å². The first-order valence-corrected chi connectivity index (χ1v) is 8.25. The molecule has 124 valence electrons. The van der Waals surface area contributed by atoms with Crippen LogP contribution in [-0.4, -0.2) is 43.7 Å². The van der Waals surface area contributed by atoms with E-state index in [4.69, 9.17) is 4.74 Å². The second-order valence-corrected chi connectivity index (χ2v) is 6.10. The van der Waals surface area contributed by atoms with Gasteiger partial charge in [-0.2, -0.15) is 0 Å². The zero-order chi connectivity index (χ0) is 16.1. The molecule has 6 nitrogen and oxygen atoms in total. The summed E-state index contributed by atoms with van der Waals surface area (Å²) < 4.78 is 5.28. The Balaban J connectivity index is 1.53. The summed E-state index contributed by atoms with van der Waals surface area (Å²) in [5.41, 5.74) is 1.30. The van der Waals surface area contributed by atoms with Gasteiger partial charge in [0, 0.05) is 23.8 Å². The molecule has 3 N–H and O–H groups in total. The third-order valence-electron chi connectivity index (χ3n) is 4.34. The van der Waals surface area contributed by atoms with Gasteiger partial charge in [0.15, 0.2) is 0 Å². The number of nitrogens with one attached hydrogen (secondary N) is 3. The molecule has 1 saturated carbocycles. The predicted molar refractivity (Wildman–Crippen MR) is 87.4 cm³/mol. The fourth-order valence-corrected chi connectivity index (χ4v) is 3.01. The number of rotatable bonds is 4. The molecule has 1 aromatic rings. The van der Waals surface area contributed by atoms with Gasteiger partial charge in [-0.25, -0.2) is 0 Å². The van der Waals surface area contributed by atoms with E-state index in [2.05, 4.69) is 16.0 Å². The molecular formula is C17H23N3O3. The highest BCUT2D eigenvalue weighted by Crippen LogP contribution is 2.18. The highest BCUT2D eigenvalue weighted by atomic mass is 16.5. The maximum atomic E-state index is 12.2. The Morgan fingerprint density at radius 1 is 1.13 bits per heavy atom. The van der Waals surface area contributed by atoms with Crippen LogP contribution >= 0.6 is 0 Å². The number of hydrogen-bond acceptors (Lipinski definition) is 4. The highest BCUT2D eigenvalue weighted by molar-refractivity contribution is 5.97. The fourth-order valence-electron chi connectivity index (χ4n) is 3.01. The molecular weight excluding hydrogens is 294 g/mol. The van der Waals surface area contributed by atoms with Gasteiger partial charge in [0.1, 0.15) is 6.04 Å². The van der Waals surface area contributed by atoms with Gasteiger partial charge in [-0.15, -0.1) is 0 Å². The Morgan fingerprint density at radius 3 is 2.52 bits per heavy atom. The van der Waals surface area contributed by atoms with E-state index >= 15 is 0 Å². The van der Waals surface area contributed by atoms with Gasteiger partial charge in [-0.3, -0.25) is 9.59 Å². The summed E-state index contributed by atoms with van der Waals surface area (Å²) >= 11 is 0. The van der Waals surface area contributed by atoms with E-state index in [1.54, 1.807) is 24.3 Å². The predicted octanol–water partition coefficient (Wildman–Crippen LogP) is 1.29. The molecule has 1 aliphatic heterocycles. The van der Waals surface area contributed by atoms with Crippen molar-refractivity contribution in [3.63, 3.8) is 0 Å². The molecule has 1 aliphatic carbocycles. The third-order valence-corrected chi connectivity index (χ3v) is 4.34. The molecule has 1 heterocycles. The Labute approximate surface area is 136 Å². The summed E-state index contributed by atoms with van der Waals surface area (Å²) in [6, 6.07) is 6.97. The van der Waals surface area contributed by atoms with Crippen LogP contribution in [0.3, 0.4) is 0 Å². The smallest absolute Gasteiger partial charge is 0.251 e. The van der Waals surface area contributed by atoms with Crippen molar-refractivity contribution in [3.8, 4) is 0 Å². The topological polar surface area (TPSA) is 79.5 Å². The molecule has 1 atom stereocenters. The van der Waals surface area contributed by atoms with Gasteiger partial charge < -0.3 is 20.7 Å². The lowest BCUT2D eigenvalue weighted by atomic mass is 10.1. The number of benzene rings is 1. The van der Waals surface area contributed by atoms with E-state index in [0.29, 0.717) is 37.1 Å². The van der Waals surface area contributed by atoms with E-state index < -0.39 is 0 Å². The Bertz CT molecular complexity index is 547. The van der Waals surface area contributed by atoms with Gasteiger partial charge in [0.2, 0.25) is 5.91 Å². The van der Waals surface area contributed by atoms with E-state index in [1.165, 1.54) is 12.8 Å². The summed E-state index contributed by atoms with van der Waals surface area (Å²) in [6.07, 6.45) is 4.51. The number of amides is 2. The number of hydrogen-bond donors (Lipinski definition) is 3. The number of ether oxygens (including phenoxy) is 1. The quantitative estimate of drug-likeness (QED) is 0.782. The second-order valence-electron chi connectivity index (χ2n) is 6.10. The van der Waals surface area contributed by atoms with Crippen LogP contribution in [0.5, 0.6) is 0 Å². The number of carbonyl (C=O) groups is 2. The summed E-state index contributed by atoms with van der Waals surface area (Å²) in [5, 5.41) is 9.00. The van der Waals surface area contributed by atoms with Gasteiger partial charge in [0.05, 0.1) is 13.2 Å². The van der Waals surface area contributed by atoms with Crippen molar-refractivity contribution >= 4 is 17.5 Å². The third kappa shape index (κ3) is 4.30. The van der Waals surface area contributed by atoms with E-state index in [0.717, 1.165) is 12.8 Å². The van der Waals surface area contributed by atoms with Crippen LogP contribution in [0.2, 0.25) is 0 Å². The SMILES string of the molecule is O=C(NC1CCCC1)c1ccc(NC(=O)C2COCCN2)cc1. The minimum Gasteiger partial charge on any atom is -0.378 e. The minimum absolute atomic E-state index is 0.0443. The summed E-state index contributed by atoms with van der Waals surface area (Å²) in [6.45, 7) is 1.70. The zero-order valence-corrected chi connectivity index (χ0v) is 13.1. The molecule has 0 bridgehead atoms. The van der Waals surface area contributed by atoms with Crippen LogP contribution in [0.1, 0.15) is 36.0 Å². The first-order chi connectivity index (χ1) is 11.2. The molecule has 0 spiro atoms. The summed E-state index contributed by atoms with van der Waals surface area (Å²) in [5.74, 6) is -0.162. The molecule has 1 saturated heterocycles. The van der Waals surface area contributed by atoms with Crippen molar-refractivity contribution in [2.24, 2.45) is 0 Å². The van der Waals surface area contributed by atoms with E-state index in [9.17, 15) is 9.59 Å². The molecule has 6 heteroatoms. The first-order valence-electron chi connectivity index (χ1n) is 8.25. The van der Waals surface area contributed by atoms with Gasteiger partial charge in [0.25, 0.3) is 5.91 Å². The van der Waals surface area contributed by atoms with Crippen molar-refractivity contribution in [1.82, 2.24) is 10.6 Å². The van der Waals surface area contributed by atoms with Gasteiger partial charge in [-0.1, -0.05) is 12.8 Å². The minimum atomic E-state index is -0.325. The molecule has 3 rings (SSSR count). The standard InChI is InChI=1S/C17H23N3O3/c21-16(19-13-3-1-2-4-13)12-5-7-14(8-6-12)20-17(22)15-11-23-10-9-18-15/h5-8,13,15,18H,1-4,9-11H2,(H,19,21)(H,20,22). The zero-order valence-electron chi connectivity index (χ0n) is 13.1. The lowest BCUT2D eigenvalue weighted by molar-refractivity contribution is -0.120. The molecule has 1 aromatic carbocycles. The molecule has 2 amide bonds. The van der Waals surface area contributed by atoms with Gasteiger partial charge in [-0.05, 0) is 37.1 Å². The number of carbonyl (C=O) groups excluding carboxylic acids is 2. The molecule has 0 aromatic heterocycles. The number of anilines is 1. The van der Waals surface area contributed by atoms with E-state index in [1.807, 2.05) is 0 Å². The Morgan fingerprint density at radius 2 is 1.87 bits per heavy atom. The molecule has 23 heavy (non-hydrogen) atoms. The molecule has 2 aliphatic rings. The molecule has 0 radical (unpaired) electrons. The van der Waals surface area contributed by atoms with Crippen LogP contribution < -0.4 is 16.0 Å². The van der Waals surface area contributed by atoms with Crippen LogP contribution in [0.4, 0.5) is 5.69 Å². The lowest BCUT2D eigenvalue weighted by Crippen LogP contribution is -2.48. The van der Waals surface area contributed by atoms with Crippen molar-refractivity contribution in [2.45, 2.75) is 37.8 Å². The largest absolute Gasteiger partial charge is 0.378 e. The maximum Gasteiger partial charge on any atom is 0.251 e.